The fraction of sp³-hybridized carbons (Fsp3) is 0.500. The second-order valence-corrected chi connectivity index (χ2v) is 4.55. The maximum atomic E-state index is 4.63. The number of nitrogens with one attached hydrogen (secondary N) is 1. The maximum Gasteiger partial charge on any atom is 0.140 e. The van der Waals surface area contributed by atoms with Gasteiger partial charge in [0.25, 0.3) is 0 Å². The molecule has 3 rings (SSSR count). The molecule has 5 nitrogen and oxygen atoms in total. The van der Waals surface area contributed by atoms with Gasteiger partial charge in [0.15, 0.2) is 0 Å². The third-order valence-corrected chi connectivity index (χ3v) is 3.13. The van der Waals surface area contributed by atoms with Crippen molar-refractivity contribution in [3.63, 3.8) is 0 Å². The molecule has 5 heteroatoms. The number of piperazine rings is 1. The summed E-state index contributed by atoms with van der Waals surface area (Å²) in [5.74, 6) is 0. The minimum Gasteiger partial charge on any atom is -0.314 e. The van der Waals surface area contributed by atoms with Gasteiger partial charge in [0.2, 0.25) is 0 Å². The molecule has 0 spiro atoms. The third-order valence-electron chi connectivity index (χ3n) is 3.13. The molecule has 0 saturated carbocycles. The Morgan fingerprint density at radius 2 is 2.18 bits per heavy atom. The smallest absolute Gasteiger partial charge is 0.140 e. The summed E-state index contributed by atoms with van der Waals surface area (Å²) < 4.78 is 1.99. The molecule has 1 fully saturated rings. The summed E-state index contributed by atoms with van der Waals surface area (Å²) in [6.45, 7) is 7.28. The van der Waals surface area contributed by atoms with Gasteiger partial charge in [0, 0.05) is 50.7 Å². The molecule has 0 radical (unpaired) electrons. The van der Waals surface area contributed by atoms with E-state index in [-0.39, 0.29) is 0 Å². The zero-order valence-electron chi connectivity index (χ0n) is 10.1. The van der Waals surface area contributed by atoms with Gasteiger partial charge in [-0.05, 0) is 6.92 Å². The van der Waals surface area contributed by atoms with E-state index in [0.29, 0.717) is 0 Å². The van der Waals surface area contributed by atoms with Crippen LogP contribution in [0.1, 0.15) is 11.4 Å². The van der Waals surface area contributed by atoms with E-state index in [1.165, 1.54) is 0 Å². The Morgan fingerprint density at radius 1 is 1.35 bits per heavy atom. The van der Waals surface area contributed by atoms with E-state index < -0.39 is 0 Å². The second kappa shape index (κ2) is 4.43. The Morgan fingerprint density at radius 3 is 3.00 bits per heavy atom. The molecule has 0 aliphatic carbocycles. The Balaban J connectivity index is 1.80. The number of nitrogens with zero attached hydrogens (tertiary/aromatic N) is 4. The molecule has 1 N–H and O–H groups in total. The second-order valence-electron chi connectivity index (χ2n) is 4.55. The van der Waals surface area contributed by atoms with Crippen LogP contribution < -0.4 is 5.32 Å². The standard InChI is InChI=1S/C12H17N5/c1-10-6-12-15-11(8-17(12)9-14-10)7-16-4-2-13-3-5-16/h6,8-9,13H,2-5,7H2,1H3. The monoisotopic (exact) mass is 231 g/mol. The van der Waals surface area contributed by atoms with Gasteiger partial charge in [-0.1, -0.05) is 0 Å². The summed E-state index contributed by atoms with van der Waals surface area (Å²) in [5.41, 5.74) is 3.12. The minimum atomic E-state index is 0.933. The topological polar surface area (TPSA) is 45.5 Å². The van der Waals surface area contributed by atoms with Crippen molar-refractivity contribution >= 4 is 5.65 Å². The number of rotatable bonds is 2. The lowest BCUT2D eigenvalue weighted by atomic mass is 10.3. The van der Waals surface area contributed by atoms with Gasteiger partial charge in [0.05, 0.1) is 5.69 Å². The molecule has 2 aromatic heterocycles. The van der Waals surface area contributed by atoms with Crippen molar-refractivity contribution in [3.8, 4) is 0 Å². The fourth-order valence-corrected chi connectivity index (χ4v) is 2.21. The Kier molecular flexibility index (Phi) is 2.78. The molecule has 1 aliphatic heterocycles. The summed E-state index contributed by atoms with van der Waals surface area (Å²) in [5, 5.41) is 3.36. The lowest BCUT2D eigenvalue weighted by Gasteiger charge is -2.26. The highest BCUT2D eigenvalue weighted by atomic mass is 15.2. The number of hydrogen-bond donors (Lipinski definition) is 1. The van der Waals surface area contributed by atoms with Gasteiger partial charge >= 0.3 is 0 Å². The van der Waals surface area contributed by atoms with Gasteiger partial charge in [-0.3, -0.25) is 9.30 Å². The van der Waals surface area contributed by atoms with Crippen LogP contribution in [0.4, 0.5) is 0 Å². The number of aryl methyl sites for hydroxylation is 1. The number of hydrogen-bond acceptors (Lipinski definition) is 4. The van der Waals surface area contributed by atoms with Crippen LogP contribution in [-0.4, -0.2) is 45.4 Å². The molecule has 1 saturated heterocycles. The first-order valence-electron chi connectivity index (χ1n) is 6.04. The van der Waals surface area contributed by atoms with Crippen molar-refractivity contribution in [1.82, 2.24) is 24.6 Å². The van der Waals surface area contributed by atoms with Gasteiger partial charge in [-0.25, -0.2) is 9.97 Å². The van der Waals surface area contributed by atoms with Crippen LogP contribution in [0.2, 0.25) is 0 Å². The van der Waals surface area contributed by atoms with Crippen molar-refractivity contribution in [1.29, 1.82) is 0 Å². The molecule has 17 heavy (non-hydrogen) atoms. The summed E-state index contributed by atoms with van der Waals surface area (Å²) >= 11 is 0. The molecule has 1 aliphatic rings. The van der Waals surface area contributed by atoms with Crippen LogP contribution in [0.25, 0.3) is 5.65 Å². The highest BCUT2D eigenvalue weighted by Gasteiger charge is 2.11. The highest BCUT2D eigenvalue weighted by molar-refractivity contribution is 5.40. The van der Waals surface area contributed by atoms with Gasteiger partial charge in [-0.2, -0.15) is 0 Å². The third kappa shape index (κ3) is 2.30. The number of fused-ring (bicyclic) bond motifs is 1. The molecule has 0 atom stereocenters. The van der Waals surface area contributed by atoms with E-state index in [0.717, 1.165) is 49.8 Å². The average molecular weight is 231 g/mol. The van der Waals surface area contributed by atoms with Crippen LogP contribution >= 0.6 is 0 Å². The van der Waals surface area contributed by atoms with Gasteiger partial charge < -0.3 is 5.32 Å². The van der Waals surface area contributed by atoms with Crippen LogP contribution in [-0.2, 0) is 6.54 Å². The maximum absolute atomic E-state index is 4.63. The predicted octanol–water partition coefficient (Wildman–Crippen LogP) is 0.443. The lowest BCUT2D eigenvalue weighted by molar-refractivity contribution is 0.231. The number of imidazole rings is 1. The molecular weight excluding hydrogens is 214 g/mol. The molecule has 0 bridgehead atoms. The van der Waals surface area contributed by atoms with E-state index >= 15 is 0 Å². The van der Waals surface area contributed by atoms with Crippen LogP contribution in [0.5, 0.6) is 0 Å². The van der Waals surface area contributed by atoms with Crippen LogP contribution in [0.15, 0.2) is 18.6 Å². The van der Waals surface area contributed by atoms with Crippen LogP contribution in [0, 0.1) is 6.92 Å². The molecule has 0 unspecified atom stereocenters. The molecule has 0 amide bonds. The fourth-order valence-electron chi connectivity index (χ4n) is 2.21. The summed E-state index contributed by atoms with van der Waals surface area (Å²) in [6.07, 6.45) is 3.91. The van der Waals surface area contributed by atoms with Crippen molar-refractivity contribution in [2.24, 2.45) is 0 Å². The minimum absolute atomic E-state index is 0.933. The van der Waals surface area contributed by atoms with E-state index in [1.54, 1.807) is 0 Å². The van der Waals surface area contributed by atoms with Gasteiger partial charge in [-0.15, -0.1) is 0 Å². The summed E-state index contributed by atoms with van der Waals surface area (Å²) in [6, 6.07) is 2.02. The molecule has 3 heterocycles. The Bertz CT molecular complexity index is 513. The van der Waals surface area contributed by atoms with Crippen molar-refractivity contribution < 1.29 is 0 Å². The first kappa shape index (κ1) is 10.7. The largest absolute Gasteiger partial charge is 0.314 e. The Hall–Kier alpha value is -1.46. The van der Waals surface area contributed by atoms with Crippen molar-refractivity contribution in [2.75, 3.05) is 26.2 Å². The van der Waals surface area contributed by atoms with E-state index in [2.05, 4.69) is 26.4 Å². The molecule has 0 aromatic carbocycles. The molecule has 90 valence electrons. The Labute approximate surface area is 100 Å². The van der Waals surface area contributed by atoms with E-state index in [9.17, 15) is 0 Å². The molecular formula is C12H17N5. The normalized spacial score (nSPS) is 17.7. The van der Waals surface area contributed by atoms with E-state index in [4.69, 9.17) is 0 Å². The van der Waals surface area contributed by atoms with Gasteiger partial charge in [0.1, 0.15) is 12.0 Å². The summed E-state index contributed by atoms with van der Waals surface area (Å²) in [4.78, 5) is 11.3. The first-order chi connectivity index (χ1) is 8.31. The van der Waals surface area contributed by atoms with Crippen LogP contribution in [0.3, 0.4) is 0 Å². The molecule has 2 aromatic rings. The van der Waals surface area contributed by atoms with Crippen molar-refractivity contribution in [3.05, 3.63) is 30.0 Å². The first-order valence-corrected chi connectivity index (χ1v) is 6.04. The SMILES string of the molecule is Cc1cc2nc(CN3CCNCC3)cn2cn1. The quantitative estimate of drug-likeness (QED) is 0.815. The van der Waals surface area contributed by atoms with E-state index in [1.807, 2.05) is 23.7 Å². The average Bonchev–Trinajstić information content (AvgIpc) is 2.71. The lowest BCUT2D eigenvalue weighted by Crippen LogP contribution is -2.42. The van der Waals surface area contributed by atoms with Crippen molar-refractivity contribution in [2.45, 2.75) is 13.5 Å². The highest BCUT2D eigenvalue weighted by Crippen LogP contribution is 2.08. The summed E-state index contributed by atoms with van der Waals surface area (Å²) in [7, 11) is 0. The zero-order chi connectivity index (χ0) is 11.7. The number of aromatic nitrogens is 3. The predicted molar refractivity (Wildman–Crippen MR) is 65.9 cm³/mol. The zero-order valence-corrected chi connectivity index (χ0v) is 10.1.